The predicted octanol–water partition coefficient (Wildman–Crippen LogP) is 2.70. The zero-order valence-corrected chi connectivity index (χ0v) is 11.3. The van der Waals surface area contributed by atoms with Gasteiger partial charge in [0.2, 0.25) is 0 Å². The van der Waals surface area contributed by atoms with E-state index in [-0.39, 0.29) is 33.3 Å². The van der Waals surface area contributed by atoms with Gasteiger partial charge in [-0.25, -0.2) is 4.79 Å². The monoisotopic (exact) mass is 307 g/mol. The van der Waals surface area contributed by atoms with Gasteiger partial charge in [-0.3, -0.25) is 4.79 Å². The smallest absolute Gasteiger partial charge is 0.337 e. The molecule has 1 amide bonds. The lowest BCUT2D eigenvalue weighted by molar-refractivity contribution is 0.0697. The highest BCUT2D eigenvalue weighted by atomic mass is 35.5. The molecule has 6 nitrogen and oxygen atoms in total. The molecule has 0 heterocycles. The number of carboxylic acids is 1. The average molecular weight is 308 g/mol. The van der Waals surface area contributed by atoms with E-state index in [9.17, 15) is 19.8 Å². The summed E-state index contributed by atoms with van der Waals surface area (Å²) in [5, 5.41) is 30.0. The van der Waals surface area contributed by atoms with Gasteiger partial charge in [0.1, 0.15) is 11.5 Å². The first-order valence-corrected chi connectivity index (χ1v) is 6.12. The van der Waals surface area contributed by atoms with E-state index >= 15 is 0 Å². The number of hydrogen-bond donors (Lipinski definition) is 4. The molecule has 108 valence electrons. The normalized spacial score (nSPS) is 10.1. The molecule has 0 spiro atoms. The zero-order chi connectivity index (χ0) is 15.6. The van der Waals surface area contributed by atoms with Gasteiger partial charge in [0.15, 0.2) is 0 Å². The number of rotatable bonds is 3. The second kappa shape index (κ2) is 5.72. The van der Waals surface area contributed by atoms with Crippen LogP contribution in [0.25, 0.3) is 0 Å². The van der Waals surface area contributed by atoms with Gasteiger partial charge >= 0.3 is 5.97 Å². The number of phenolic OH excluding ortho intramolecular Hbond substituents is 2. The molecule has 0 bridgehead atoms. The first-order valence-electron chi connectivity index (χ1n) is 5.74. The Morgan fingerprint density at radius 3 is 2.14 bits per heavy atom. The highest BCUT2D eigenvalue weighted by molar-refractivity contribution is 6.33. The van der Waals surface area contributed by atoms with Crippen molar-refractivity contribution >= 4 is 29.2 Å². The first kappa shape index (κ1) is 14.7. The van der Waals surface area contributed by atoms with E-state index in [2.05, 4.69) is 5.32 Å². The maximum absolute atomic E-state index is 12.0. The molecular weight excluding hydrogens is 298 g/mol. The highest BCUT2D eigenvalue weighted by Gasteiger charge is 2.12. The number of benzene rings is 2. The summed E-state index contributed by atoms with van der Waals surface area (Å²) < 4.78 is 0. The van der Waals surface area contributed by atoms with Crippen LogP contribution in [0.2, 0.25) is 5.02 Å². The number of hydrogen-bond acceptors (Lipinski definition) is 4. The molecule has 7 heteroatoms. The summed E-state index contributed by atoms with van der Waals surface area (Å²) >= 11 is 5.79. The molecule has 2 aromatic rings. The van der Waals surface area contributed by atoms with Crippen molar-refractivity contribution in [1.29, 1.82) is 0 Å². The molecule has 0 radical (unpaired) electrons. The number of anilines is 1. The van der Waals surface area contributed by atoms with Crippen LogP contribution in [0.5, 0.6) is 11.5 Å². The zero-order valence-electron chi connectivity index (χ0n) is 10.5. The maximum Gasteiger partial charge on any atom is 0.337 e. The van der Waals surface area contributed by atoms with E-state index < -0.39 is 11.9 Å². The molecule has 0 aromatic heterocycles. The first-order chi connectivity index (χ1) is 9.86. The average Bonchev–Trinajstić information content (AvgIpc) is 2.37. The van der Waals surface area contributed by atoms with Gasteiger partial charge in [0, 0.05) is 17.3 Å². The van der Waals surface area contributed by atoms with Crippen molar-refractivity contribution in [2.45, 2.75) is 0 Å². The van der Waals surface area contributed by atoms with Crippen LogP contribution < -0.4 is 5.32 Å². The molecule has 0 aliphatic carbocycles. The van der Waals surface area contributed by atoms with E-state index in [4.69, 9.17) is 16.7 Å². The van der Waals surface area contributed by atoms with Crippen molar-refractivity contribution in [1.82, 2.24) is 0 Å². The quantitative estimate of drug-likeness (QED) is 0.697. The standard InChI is InChI=1S/C14H10ClNO5/c15-12-5-8(1-2-11(12)14(20)21)16-13(19)7-3-9(17)6-10(18)4-7/h1-6,17-18H,(H,16,19)(H,20,21). The van der Waals surface area contributed by atoms with E-state index in [1.165, 1.54) is 30.3 Å². The van der Waals surface area contributed by atoms with E-state index in [1.807, 2.05) is 0 Å². The minimum absolute atomic E-state index is 0.0148. The van der Waals surface area contributed by atoms with Gasteiger partial charge in [-0.2, -0.15) is 0 Å². The second-order valence-corrected chi connectivity index (χ2v) is 4.60. The SMILES string of the molecule is O=C(Nc1ccc(C(=O)O)c(Cl)c1)c1cc(O)cc(O)c1. The Hall–Kier alpha value is -2.73. The molecule has 21 heavy (non-hydrogen) atoms. The van der Waals surface area contributed by atoms with Crippen LogP contribution in [0.1, 0.15) is 20.7 Å². The molecule has 0 fully saturated rings. The number of phenols is 2. The van der Waals surface area contributed by atoms with Gasteiger partial charge in [-0.15, -0.1) is 0 Å². The lowest BCUT2D eigenvalue weighted by atomic mass is 10.1. The maximum atomic E-state index is 12.0. The summed E-state index contributed by atoms with van der Waals surface area (Å²) in [6.45, 7) is 0. The third-order valence-electron chi connectivity index (χ3n) is 2.62. The summed E-state index contributed by atoms with van der Waals surface area (Å²) in [7, 11) is 0. The number of nitrogens with one attached hydrogen (secondary N) is 1. The van der Waals surface area contributed by atoms with E-state index in [1.54, 1.807) is 0 Å². The molecular formula is C14H10ClNO5. The fourth-order valence-corrected chi connectivity index (χ4v) is 1.96. The van der Waals surface area contributed by atoms with Crippen molar-refractivity contribution < 1.29 is 24.9 Å². The van der Waals surface area contributed by atoms with Crippen LogP contribution in [0.3, 0.4) is 0 Å². The van der Waals surface area contributed by atoms with Gasteiger partial charge in [0.05, 0.1) is 10.6 Å². The minimum atomic E-state index is -1.17. The fraction of sp³-hybridized carbons (Fsp3) is 0. The Bertz CT molecular complexity index is 709. The number of aromatic carboxylic acids is 1. The number of aromatic hydroxyl groups is 2. The number of halogens is 1. The second-order valence-electron chi connectivity index (χ2n) is 4.19. The Balaban J connectivity index is 2.23. The van der Waals surface area contributed by atoms with Crippen LogP contribution in [-0.4, -0.2) is 27.2 Å². The molecule has 4 N–H and O–H groups in total. The highest BCUT2D eigenvalue weighted by Crippen LogP contribution is 2.23. The van der Waals surface area contributed by atoms with E-state index in [0.29, 0.717) is 0 Å². The summed E-state index contributed by atoms with van der Waals surface area (Å²) in [6, 6.07) is 7.40. The van der Waals surface area contributed by atoms with Crippen molar-refractivity contribution in [3.05, 3.63) is 52.5 Å². The third-order valence-corrected chi connectivity index (χ3v) is 2.93. The predicted molar refractivity (Wildman–Crippen MR) is 76.1 cm³/mol. The van der Waals surface area contributed by atoms with E-state index in [0.717, 1.165) is 6.07 Å². The molecule has 2 aromatic carbocycles. The molecule has 0 aliphatic rings. The van der Waals surface area contributed by atoms with Crippen LogP contribution >= 0.6 is 11.6 Å². The fourth-order valence-electron chi connectivity index (χ4n) is 1.70. The number of carbonyl (C=O) groups is 2. The summed E-state index contributed by atoms with van der Waals surface area (Å²) in [5.41, 5.74) is 0.258. The third kappa shape index (κ3) is 3.43. The van der Waals surface area contributed by atoms with Gasteiger partial charge < -0.3 is 20.6 Å². The summed E-state index contributed by atoms with van der Waals surface area (Å²) in [6.07, 6.45) is 0. The van der Waals surface area contributed by atoms with Crippen molar-refractivity contribution in [2.24, 2.45) is 0 Å². The molecule has 0 saturated carbocycles. The summed E-state index contributed by atoms with van der Waals surface area (Å²) in [4.78, 5) is 22.8. The topological polar surface area (TPSA) is 107 Å². The molecule has 0 aliphatic heterocycles. The van der Waals surface area contributed by atoms with Gasteiger partial charge in [-0.05, 0) is 30.3 Å². The Labute approximate surface area is 124 Å². The number of amides is 1. The Morgan fingerprint density at radius 1 is 1.00 bits per heavy atom. The molecule has 2 rings (SSSR count). The van der Waals surface area contributed by atoms with Gasteiger partial charge in [-0.1, -0.05) is 11.6 Å². The largest absolute Gasteiger partial charge is 0.508 e. The van der Waals surface area contributed by atoms with Crippen molar-refractivity contribution in [3.8, 4) is 11.5 Å². The molecule has 0 unspecified atom stereocenters. The van der Waals surface area contributed by atoms with Crippen LogP contribution in [0, 0.1) is 0 Å². The number of carbonyl (C=O) groups excluding carboxylic acids is 1. The van der Waals surface area contributed by atoms with Crippen LogP contribution in [-0.2, 0) is 0 Å². The van der Waals surface area contributed by atoms with Gasteiger partial charge in [0.25, 0.3) is 5.91 Å². The Morgan fingerprint density at radius 2 is 1.62 bits per heavy atom. The number of carboxylic acid groups (broad SMARTS) is 1. The minimum Gasteiger partial charge on any atom is -0.508 e. The van der Waals surface area contributed by atoms with Crippen molar-refractivity contribution in [3.63, 3.8) is 0 Å². The van der Waals surface area contributed by atoms with Crippen LogP contribution in [0.4, 0.5) is 5.69 Å². The molecule has 0 saturated heterocycles. The lowest BCUT2D eigenvalue weighted by Crippen LogP contribution is -2.12. The Kier molecular flexibility index (Phi) is 4.00. The van der Waals surface area contributed by atoms with Crippen LogP contribution in [0.15, 0.2) is 36.4 Å². The van der Waals surface area contributed by atoms with Crippen molar-refractivity contribution in [2.75, 3.05) is 5.32 Å². The lowest BCUT2D eigenvalue weighted by Gasteiger charge is -2.08. The summed E-state index contributed by atoms with van der Waals surface area (Å²) in [5.74, 6) is -2.25. The molecule has 0 atom stereocenters.